The van der Waals surface area contributed by atoms with Crippen LogP contribution in [0.1, 0.15) is 43.5 Å². The molecule has 2 rings (SSSR count). The second kappa shape index (κ2) is 9.70. The molecule has 1 unspecified atom stereocenters. The molecule has 0 bridgehead atoms. The van der Waals surface area contributed by atoms with Gasteiger partial charge in [-0.15, -0.1) is 12.4 Å². The van der Waals surface area contributed by atoms with Gasteiger partial charge in [0, 0.05) is 18.2 Å². The molecule has 1 saturated heterocycles. The summed E-state index contributed by atoms with van der Waals surface area (Å²) >= 11 is 0. The number of hydrogen-bond acceptors (Lipinski definition) is 3. The molecule has 1 aliphatic rings. The normalized spacial score (nSPS) is 17.1. The molecule has 5 heteroatoms. The van der Waals surface area contributed by atoms with Crippen LogP contribution in [0.3, 0.4) is 0 Å². The Labute approximate surface area is 139 Å². The first-order chi connectivity index (χ1) is 10.1. The number of amides is 1. The summed E-state index contributed by atoms with van der Waals surface area (Å²) in [5.74, 6) is 1.45. The van der Waals surface area contributed by atoms with Crippen LogP contribution >= 0.6 is 12.4 Å². The Balaban J connectivity index is 0.00000242. The van der Waals surface area contributed by atoms with Gasteiger partial charge in [-0.3, -0.25) is 4.79 Å². The summed E-state index contributed by atoms with van der Waals surface area (Å²) in [6.07, 6.45) is 3.38. The Morgan fingerprint density at radius 2 is 2.09 bits per heavy atom. The predicted molar refractivity (Wildman–Crippen MR) is 92.0 cm³/mol. The van der Waals surface area contributed by atoms with E-state index in [0.717, 1.165) is 31.7 Å². The molecule has 4 nitrogen and oxygen atoms in total. The maximum absolute atomic E-state index is 12.0. The molecule has 22 heavy (non-hydrogen) atoms. The van der Waals surface area contributed by atoms with Crippen molar-refractivity contribution in [3.8, 4) is 5.75 Å². The van der Waals surface area contributed by atoms with Crippen molar-refractivity contribution in [3.63, 3.8) is 0 Å². The zero-order chi connectivity index (χ0) is 15.1. The van der Waals surface area contributed by atoms with E-state index in [-0.39, 0.29) is 18.3 Å². The lowest BCUT2D eigenvalue weighted by Crippen LogP contribution is -2.37. The molecule has 1 amide bonds. The van der Waals surface area contributed by atoms with Crippen LogP contribution in [0.4, 0.5) is 0 Å². The third kappa shape index (κ3) is 6.24. The van der Waals surface area contributed by atoms with Gasteiger partial charge >= 0.3 is 0 Å². The maximum atomic E-state index is 12.0. The molecule has 1 aromatic carbocycles. The van der Waals surface area contributed by atoms with Crippen LogP contribution in [0.2, 0.25) is 0 Å². The summed E-state index contributed by atoms with van der Waals surface area (Å²) in [5, 5.41) is 6.35. The van der Waals surface area contributed by atoms with E-state index in [1.165, 1.54) is 6.42 Å². The van der Waals surface area contributed by atoms with E-state index in [9.17, 15) is 4.79 Å². The van der Waals surface area contributed by atoms with Crippen molar-refractivity contribution in [3.05, 3.63) is 29.8 Å². The zero-order valence-electron chi connectivity index (χ0n) is 13.4. The van der Waals surface area contributed by atoms with Crippen LogP contribution in [0.25, 0.3) is 0 Å². The molecule has 0 saturated carbocycles. The van der Waals surface area contributed by atoms with Gasteiger partial charge in [-0.2, -0.15) is 0 Å². The molecular formula is C17H27ClN2O2. The highest BCUT2D eigenvalue weighted by atomic mass is 35.5. The van der Waals surface area contributed by atoms with E-state index < -0.39 is 0 Å². The van der Waals surface area contributed by atoms with Crippen molar-refractivity contribution in [1.82, 2.24) is 10.6 Å². The molecular weight excluding hydrogens is 300 g/mol. The Kier molecular flexibility index (Phi) is 8.28. The van der Waals surface area contributed by atoms with Crippen molar-refractivity contribution in [2.24, 2.45) is 5.92 Å². The second-order valence-electron chi connectivity index (χ2n) is 6.06. The minimum Gasteiger partial charge on any atom is -0.494 e. The third-order valence-electron chi connectivity index (χ3n) is 3.75. The van der Waals surface area contributed by atoms with Crippen molar-refractivity contribution in [1.29, 1.82) is 0 Å². The van der Waals surface area contributed by atoms with Crippen LogP contribution in [0.5, 0.6) is 5.75 Å². The molecule has 0 radical (unpaired) electrons. The molecule has 0 aliphatic carbocycles. The summed E-state index contributed by atoms with van der Waals surface area (Å²) in [6.45, 7) is 6.83. The predicted octanol–water partition coefficient (Wildman–Crippen LogP) is 3.02. The Morgan fingerprint density at radius 3 is 2.68 bits per heavy atom. The molecule has 1 aliphatic heterocycles. The van der Waals surface area contributed by atoms with E-state index in [4.69, 9.17) is 4.74 Å². The summed E-state index contributed by atoms with van der Waals surface area (Å²) in [5.41, 5.74) is 0.684. The van der Waals surface area contributed by atoms with Crippen molar-refractivity contribution >= 4 is 18.3 Å². The van der Waals surface area contributed by atoms with Crippen molar-refractivity contribution < 1.29 is 9.53 Å². The molecule has 124 valence electrons. The van der Waals surface area contributed by atoms with Gasteiger partial charge in [-0.25, -0.2) is 0 Å². The smallest absolute Gasteiger partial charge is 0.251 e. The van der Waals surface area contributed by atoms with Crippen LogP contribution in [0.15, 0.2) is 24.3 Å². The molecule has 1 fully saturated rings. The summed E-state index contributed by atoms with van der Waals surface area (Å²) in [7, 11) is 0. The summed E-state index contributed by atoms with van der Waals surface area (Å²) < 4.78 is 5.65. The number of rotatable bonds is 7. The fourth-order valence-corrected chi connectivity index (χ4v) is 2.36. The number of nitrogens with one attached hydrogen (secondary N) is 2. The average molecular weight is 327 g/mol. The first-order valence-electron chi connectivity index (χ1n) is 7.89. The van der Waals surface area contributed by atoms with Gasteiger partial charge in [-0.05, 0) is 56.0 Å². The van der Waals surface area contributed by atoms with Gasteiger partial charge in [0.25, 0.3) is 5.91 Å². The molecule has 0 aromatic heterocycles. The van der Waals surface area contributed by atoms with E-state index >= 15 is 0 Å². The van der Waals surface area contributed by atoms with E-state index in [2.05, 4.69) is 24.5 Å². The Morgan fingerprint density at radius 1 is 1.36 bits per heavy atom. The molecule has 1 aromatic rings. The monoisotopic (exact) mass is 326 g/mol. The first-order valence-corrected chi connectivity index (χ1v) is 7.89. The first kappa shape index (κ1) is 18.8. The maximum Gasteiger partial charge on any atom is 0.251 e. The minimum absolute atomic E-state index is 0. The van der Waals surface area contributed by atoms with Gasteiger partial charge in [0.2, 0.25) is 0 Å². The van der Waals surface area contributed by atoms with E-state index in [1.54, 1.807) is 0 Å². The minimum atomic E-state index is -0.0163. The number of carbonyl (C=O) groups excluding carboxylic acids is 1. The highest BCUT2D eigenvalue weighted by Gasteiger charge is 2.15. The largest absolute Gasteiger partial charge is 0.494 e. The van der Waals surface area contributed by atoms with E-state index in [0.29, 0.717) is 24.1 Å². The average Bonchev–Trinajstić information content (AvgIpc) is 2.98. The zero-order valence-corrected chi connectivity index (χ0v) is 14.2. The van der Waals surface area contributed by atoms with Gasteiger partial charge < -0.3 is 15.4 Å². The lowest BCUT2D eigenvalue weighted by Gasteiger charge is -2.12. The van der Waals surface area contributed by atoms with Gasteiger partial charge in [-0.1, -0.05) is 13.8 Å². The molecule has 0 spiro atoms. The Bertz CT molecular complexity index is 442. The number of carbonyl (C=O) groups is 1. The van der Waals surface area contributed by atoms with Crippen LogP contribution in [0, 0.1) is 5.92 Å². The summed E-state index contributed by atoms with van der Waals surface area (Å²) in [6, 6.07) is 7.80. The number of ether oxygens (including phenoxy) is 1. The third-order valence-corrected chi connectivity index (χ3v) is 3.75. The fourth-order valence-electron chi connectivity index (χ4n) is 2.36. The Hall–Kier alpha value is -1.26. The number of benzene rings is 1. The fraction of sp³-hybridized carbons (Fsp3) is 0.588. The standard InChI is InChI=1S/C17H26N2O2.ClH/c1-13(2)9-11-21-16-7-5-14(6-8-16)17(20)19-12-15-4-3-10-18-15;/h5-8,13,15,18H,3-4,9-12H2,1-2H3,(H,19,20);1H. The SMILES string of the molecule is CC(C)CCOc1ccc(C(=O)NCC2CCCN2)cc1.Cl. The lowest BCUT2D eigenvalue weighted by atomic mass is 10.1. The highest BCUT2D eigenvalue weighted by molar-refractivity contribution is 5.94. The summed E-state index contributed by atoms with van der Waals surface area (Å²) in [4.78, 5) is 12.0. The number of hydrogen-bond donors (Lipinski definition) is 2. The van der Waals surface area contributed by atoms with Crippen LogP contribution in [-0.4, -0.2) is 31.6 Å². The van der Waals surface area contributed by atoms with Crippen molar-refractivity contribution in [2.45, 2.75) is 39.2 Å². The van der Waals surface area contributed by atoms with Crippen molar-refractivity contribution in [2.75, 3.05) is 19.7 Å². The highest BCUT2D eigenvalue weighted by Crippen LogP contribution is 2.13. The van der Waals surface area contributed by atoms with E-state index in [1.807, 2.05) is 24.3 Å². The van der Waals surface area contributed by atoms with Crippen LogP contribution in [-0.2, 0) is 0 Å². The van der Waals surface area contributed by atoms with Gasteiger partial charge in [0.1, 0.15) is 5.75 Å². The quantitative estimate of drug-likeness (QED) is 0.810. The topological polar surface area (TPSA) is 50.4 Å². The number of halogens is 1. The molecule has 2 N–H and O–H groups in total. The molecule has 1 heterocycles. The van der Waals surface area contributed by atoms with Gasteiger partial charge in [0.15, 0.2) is 0 Å². The van der Waals surface area contributed by atoms with Crippen LogP contribution < -0.4 is 15.4 Å². The lowest BCUT2D eigenvalue weighted by molar-refractivity contribution is 0.0950. The second-order valence-corrected chi connectivity index (χ2v) is 6.06. The molecule has 1 atom stereocenters. The van der Waals surface area contributed by atoms with Gasteiger partial charge in [0.05, 0.1) is 6.61 Å².